The SMILES string of the molecule is CC(C)C(N)C(=O)NC(CCCNC(N)=O)C(=O)Nc1ccc(COC(=O)NCc2ccccc2)cc1. The van der Waals surface area contributed by atoms with E-state index in [0.29, 0.717) is 18.7 Å². The molecule has 2 aromatic rings. The summed E-state index contributed by atoms with van der Waals surface area (Å²) in [7, 11) is 0. The van der Waals surface area contributed by atoms with Crippen molar-refractivity contribution in [2.24, 2.45) is 17.4 Å². The van der Waals surface area contributed by atoms with E-state index in [1.54, 1.807) is 24.3 Å². The van der Waals surface area contributed by atoms with Gasteiger partial charge in [-0.15, -0.1) is 0 Å². The number of rotatable bonds is 13. The van der Waals surface area contributed by atoms with Crippen LogP contribution in [0.15, 0.2) is 54.6 Å². The number of hydrogen-bond acceptors (Lipinski definition) is 6. The molecule has 11 nitrogen and oxygen atoms in total. The second-order valence-electron chi connectivity index (χ2n) is 8.87. The number of anilines is 1. The number of ether oxygens (including phenoxy) is 1. The van der Waals surface area contributed by atoms with Gasteiger partial charge in [-0.3, -0.25) is 9.59 Å². The fourth-order valence-electron chi connectivity index (χ4n) is 3.24. The quantitative estimate of drug-likeness (QED) is 0.223. The van der Waals surface area contributed by atoms with Gasteiger partial charge in [0.1, 0.15) is 12.6 Å². The summed E-state index contributed by atoms with van der Waals surface area (Å²) in [6.07, 6.45) is 0.151. The molecule has 2 unspecified atom stereocenters. The first-order chi connectivity index (χ1) is 17.7. The first-order valence-electron chi connectivity index (χ1n) is 12.1. The summed E-state index contributed by atoms with van der Waals surface area (Å²) < 4.78 is 5.23. The van der Waals surface area contributed by atoms with Crippen LogP contribution in [0, 0.1) is 5.92 Å². The number of benzene rings is 2. The van der Waals surface area contributed by atoms with E-state index in [0.717, 1.165) is 11.1 Å². The summed E-state index contributed by atoms with van der Waals surface area (Å²) in [5.74, 6) is -0.959. The zero-order valence-electron chi connectivity index (χ0n) is 21.2. The molecule has 0 bridgehead atoms. The zero-order chi connectivity index (χ0) is 27.2. The summed E-state index contributed by atoms with van der Waals surface area (Å²) in [5, 5.41) is 10.6. The van der Waals surface area contributed by atoms with E-state index in [4.69, 9.17) is 16.2 Å². The molecule has 0 heterocycles. The molecule has 0 aliphatic rings. The Hall–Kier alpha value is -4.12. The molecule has 0 aromatic heterocycles. The average Bonchev–Trinajstić information content (AvgIpc) is 2.88. The van der Waals surface area contributed by atoms with E-state index < -0.39 is 36.0 Å². The largest absolute Gasteiger partial charge is 0.445 e. The molecule has 37 heavy (non-hydrogen) atoms. The van der Waals surface area contributed by atoms with Crippen LogP contribution >= 0.6 is 0 Å². The van der Waals surface area contributed by atoms with Gasteiger partial charge in [0.25, 0.3) is 0 Å². The van der Waals surface area contributed by atoms with E-state index in [-0.39, 0.29) is 25.5 Å². The molecule has 0 aliphatic heterocycles. The standard InChI is InChI=1S/C26H36N6O5/c1-17(2)22(27)24(34)32-21(9-6-14-29-25(28)35)23(33)31-20-12-10-19(11-13-20)16-37-26(36)30-15-18-7-4-3-5-8-18/h3-5,7-8,10-13,17,21-22H,6,9,14-16,27H2,1-2H3,(H,30,36)(H,31,33)(H,32,34)(H3,28,29,35). The fraction of sp³-hybridized carbons (Fsp3) is 0.385. The lowest BCUT2D eigenvalue weighted by atomic mass is 10.0. The number of amides is 5. The number of nitrogens with one attached hydrogen (secondary N) is 4. The second-order valence-corrected chi connectivity index (χ2v) is 8.87. The van der Waals surface area contributed by atoms with Crippen molar-refractivity contribution in [1.29, 1.82) is 0 Å². The Morgan fingerprint density at radius 2 is 1.57 bits per heavy atom. The maximum atomic E-state index is 12.9. The van der Waals surface area contributed by atoms with Crippen LogP contribution in [0.4, 0.5) is 15.3 Å². The van der Waals surface area contributed by atoms with Crippen molar-refractivity contribution in [2.45, 2.75) is 51.9 Å². The molecule has 2 atom stereocenters. The smallest absolute Gasteiger partial charge is 0.407 e. The minimum atomic E-state index is -0.858. The maximum Gasteiger partial charge on any atom is 0.407 e. The van der Waals surface area contributed by atoms with Crippen molar-refractivity contribution in [3.63, 3.8) is 0 Å². The van der Waals surface area contributed by atoms with Crippen molar-refractivity contribution in [1.82, 2.24) is 16.0 Å². The van der Waals surface area contributed by atoms with Crippen molar-refractivity contribution in [3.8, 4) is 0 Å². The fourth-order valence-corrected chi connectivity index (χ4v) is 3.24. The van der Waals surface area contributed by atoms with Gasteiger partial charge >= 0.3 is 12.1 Å². The minimum Gasteiger partial charge on any atom is -0.445 e. The van der Waals surface area contributed by atoms with Crippen molar-refractivity contribution in [3.05, 3.63) is 65.7 Å². The van der Waals surface area contributed by atoms with Crippen LogP contribution < -0.4 is 32.7 Å². The number of nitrogens with two attached hydrogens (primary N) is 2. The Labute approximate surface area is 216 Å². The normalized spacial score (nSPS) is 12.2. The third kappa shape index (κ3) is 11.0. The van der Waals surface area contributed by atoms with E-state index in [1.807, 2.05) is 44.2 Å². The summed E-state index contributed by atoms with van der Waals surface area (Å²) in [4.78, 5) is 48.2. The molecule has 11 heteroatoms. The highest BCUT2D eigenvalue weighted by Gasteiger charge is 2.25. The number of primary amides is 1. The third-order valence-electron chi connectivity index (χ3n) is 5.49. The zero-order valence-corrected chi connectivity index (χ0v) is 21.2. The first kappa shape index (κ1) is 29.1. The van der Waals surface area contributed by atoms with Crippen LogP contribution in [-0.4, -0.2) is 42.6 Å². The van der Waals surface area contributed by atoms with E-state index in [2.05, 4.69) is 21.3 Å². The number of hydrogen-bond donors (Lipinski definition) is 6. The highest BCUT2D eigenvalue weighted by Crippen LogP contribution is 2.12. The molecule has 0 saturated carbocycles. The summed E-state index contributed by atoms with van der Waals surface area (Å²) in [6.45, 7) is 4.32. The van der Waals surface area contributed by atoms with Gasteiger partial charge in [-0.2, -0.15) is 0 Å². The second kappa shape index (κ2) is 15.1. The first-order valence-corrected chi connectivity index (χ1v) is 12.1. The van der Waals surface area contributed by atoms with Gasteiger partial charge in [-0.05, 0) is 42.0 Å². The van der Waals surface area contributed by atoms with Gasteiger partial charge in [0.15, 0.2) is 0 Å². The molecule has 0 fully saturated rings. The third-order valence-corrected chi connectivity index (χ3v) is 5.49. The van der Waals surface area contributed by atoms with E-state index >= 15 is 0 Å². The topological polar surface area (TPSA) is 178 Å². The predicted molar refractivity (Wildman–Crippen MR) is 140 cm³/mol. The Morgan fingerprint density at radius 1 is 0.892 bits per heavy atom. The van der Waals surface area contributed by atoms with Crippen molar-refractivity contribution < 1.29 is 23.9 Å². The molecule has 2 rings (SSSR count). The Balaban J connectivity index is 1.88. The highest BCUT2D eigenvalue weighted by molar-refractivity contribution is 5.97. The van der Waals surface area contributed by atoms with E-state index in [9.17, 15) is 19.2 Å². The monoisotopic (exact) mass is 512 g/mol. The molecule has 0 radical (unpaired) electrons. The van der Waals surface area contributed by atoms with Crippen molar-refractivity contribution in [2.75, 3.05) is 11.9 Å². The van der Waals surface area contributed by atoms with Crippen LogP contribution in [0.5, 0.6) is 0 Å². The van der Waals surface area contributed by atoms with Gasteiger partial charge in [-0.25, -0.2) is 9.59 Å². The summed E-state index contributed by atoms with van der Waals surface area (Å²) in [5.41, 5.74) is 13.2. The lowest BCUT2D eigenvalue weighted by molar-refractivity contribution is -0.128. The molecule has 2 aromatic carbocycles. The van der Waals surface area contributed by atoms with Crippen LogP contribution in [0.1, 0.15) is 37.8 Å². The molecule has 200 valence electrons. The van der Waals surface area contributed by atoms with Crippen molar-refractivity contribution >= 4 is 29.6 Å². The lowest BCUT2D eigenvalue weighted by Gasteiger charge is -2.22. The molecule has 8 N–H and O–H groups in total. The minimum absolute atomic E-state index is 0.0630. The molecular formula is C26H36N6O5. The maximum absolute atomic E-state index is 12.9. The van der Waals surface area contributed by atoms with Gasteiger partial charge < -0.3 is 37.5 Å². The number of carbonyl (C=O) groups excluding carboxylic acids is 4. The molecular weight excluding hydrogens is 476 g/mol. The van der Waals surface area contributed by atoms with Gasteiger partial charge in [0, 0.05) is 18.8 Å². The molecule has 0 spiro atoms. The van der Waals surface area contributed by atoms with E-state index in [1.165, 1.54) is 0 Å². The molecule has 0 aliphatic carbocycles. The van der Waals surface area contributed by atoms with Gasteiger partial charge in [0.05, 0.1) is 6.04 Å². The van der Waals surface area contributed by atoms with Crippen LogP contribution in [-0.2, 0) is 27.5 Å². The van der Waals surface area contributed by atoms with Crippen LogP contribution in [0.25, 0.3) is 0 Å². The Bertz CT molecular complexity index is 1030. The summed E-state index contributed by atoms with van der Waals surface area (Å²) >= 11 is 0. The Kier molecular flexibility index (Phi) is 11.9. The lowest BCUT2D eigenvalue weighted by Crippen LogP contribution is -2.51. The Morgan fingerprint density at radius 3 is 2.19 bits per heavy atom. The van der Waals surface area contributed by atoms with Crippen LogP contribution in [0.2, 0.25) is 0 Å². The summed E-state index contributed by atoms with van der Waals surface area (Å²) in [6, 6.07) is 14.0. The number of carbonyl (C=O) groups is 4. The van der Waals surface area contributed by atoms with Gasteiger partial charge in [0.2, 0.25) is 11.8 Å². The predicted octanol–water partition coefficient (Wildman–Crippen LogP) is 1.97. The molecule has 0 saturated heterocycles. The van der Waals surface area contributed by atoms with Gasteiger partial charge in [-0.1, -0.05) is 56.3 Å². The highest BCUT2D eigenvalue weighted by atomic mass is 16.5. The average molecular weight is 513 g/mol. The van der Waals surface area contributed by atoms with Crippen LogP contribution in [0.3, 0.4) is 0 Å². The molecule has 5 amide bonds. The number of urea groups is 1. The number of alkyl carbamates (subject to hydrolysis) is 1.